The molecule has 84 valence electrons. The Morgan fingerprint density at radius 3 is 3.00 bits per heavy atom. The minimum Gasteiger partial charge on any atom is -0.389 e. The molecule has 0 fully saturated rings. The first kappa shape index (κ1) is 12.0. The molecular weight excluding hydrogens is 220 g/mol. The number of hydrogen-bond acceptors (Lipinski definition) is 6. The fourth-order valence-electron chi connectivity index (χ4n) is 0.999. The minimum absolute atomic E-state index is 0.0891. The first-order chi connectivity index (χ1) is 7.11. The summed E-state index contributed by atoms with van der Waals surface area (Å²) < 4.78 is 4.77. The van der Waals surface area contributed by atoms with Gasteiger partial charge in [-0.05, 0) is 0 Å². The molecule has 1 rings (SSSR count). The zero-order valence-electron chi connectivity index (χ0n) is 8.27. The van der Waals surface area contributed by atoms with Gasteiger partial charge < -0.3 is 20.9 Å². The van der Waals surface area contributed by atoms with Gasteiger partial charge in [0.25, 0.3) is 0 Å². The number of hydrogen-bond donors (Lipinski definition) is 3. The highest BCUT2D eigenvalue weighted by Gasteiger charge is 2.04. The van der Waals surface area contributed by atoms with Crippen molar-refractivity contribution in [3.8, 4) is 0 Å². The number of aromatic nitrogens is 2. The van der Waals surface area contributed by atoms with Crippen LogP contribution < -0.4 is 11.1 Å². The van der Waals surface area contributed by atoms with E-state index in [4.69, 9.17) is 22.1 Å². The second-order valence-corrected chi connectivity index (χ2v) is 3.31. The number of halogens is 1. The minimum atomic E-state index is -0.607. The largest absolute Gasteiger partial charge is 0.389 e. The summed E-state index contributed by atoms with van der Waals surface area (Å²) in [5, 5.41) is 12.5. The maximum Gasteiger partial charge on any atom is 0.223 e. The molecule has 0 spiro atoms. The van der Waals surface area contributed by atoms with Crippen molar-refractivity contribution in [3.63, 3.8) is 0 Å². The summed E-state index contributed by atoms with van der Waals surface area (Å²) in [5.74, 6) is 0.564. The van der Waals surface area contributed by atoms with Gasteiger partial charge in [-0.15, -0.1) is 0 Å². The number of aliphatic hydroxyl groups is 1. The van der Waals surface area contributed by atoms with Gasteiger partial charge in [0.15, 0.2) is 0 Å². The first-order valence-electron chi connectivity index (χ1n) is 4.32. The topological polar surface area (TPSA) is 93.3 Å². The Balaban J connectivity index is 2.50. The highest BCUT2D eigenvalue weighted by Crippen LogP contribution is 2.12. The number of nitrogen functional groups attached to an aromatic ring is 1. The molecule has 1 heterocycles. The van der Waals surface area contributed by atoms with E-state index < -0.39 is 6.10 Å². The third-order valence-electron chi connectivity index (χ3n) is 1.59. The van der Waals surface area contributed by atoms with Gasteiger partial charge >= 0.3 is 0 Å². The van der Waals surface area contributed by atoms with Gasteiger partial charge in [-0.1, -0.05) is 11.6 Å². The maximum absolute atomic E-state index is 9.35. The monoisotopic (exact) mass is 232 g/mol. The lowest BCUT2D eigenvalue weighted by molar-refractivity contribution is 0.0727. The second-order valence-electron chi connectivity index (χ2n) is 2.92. The van der Waals surface area contributed by atoms with E-state index >= 15 is 0 Å². The Labute approximate surface area is 92.4 Å². The maximum atomic E-state index is 9.35. The highest BCUT2D eigenvalue weighted by molar-refractivity contribution is 6.29. The summed E-state index contributed by atoms with van der Waals surface area (Å²) in [4.78, 5) is 7.59. The van der Waals surface area contributed by atoms with E-state index in [9.17, 15) is 5.11 Å². The lowest BCUT2D eigenvalue weighted by atomic mass is 10.4. The van der Waals surface area contributed by atoms with Crippen LogP contribution in [0.3, 0.4) is 0 Å². The van der Waals surface area contributed by atoms with Gasteiger partial charge in [-0.3, -0.25) is 0 Å². The quantitative estimate of drug-likeness (QED) is 0.625. The van der Waals surface area contributed by atoms with E-state index in [0.29, 0.717) is 12.4 Å². The third kappa shape index (κ3) is 4.28. The number of rotatable bonds is 5. The number of aliphatic hydroxyl groups excluding tert-OH is 1. The average molecular weight is 233 g/mol. The number of nitrogens with one attached hydrogen (secondary N) is 1. The van der Waals surface area contributed by atoms with Crippen molar-refractivity contribution in [2.75, 3.05) is 31.3 Å². The SMILES string of the molecule is COCC(O)CNc1cc(Cl)nc(N)n1. The smallest absolute Gasteiger partial charge is 0.223 e. The van der Waals surface area contributed by atoms with Crippen LogP contribution in [0.15, 0.2) is 6.07 Å². The number of ether oxygens (including phenoxy) is 1. The molecule has 0 radical (unpaired) electrons. The normalized spacial score (nSPS) is 12.5. The van der Waals surface area contributed by atoms with Gasteiger partial charge in [0, 0.05) is 19.7 Å². The number of anilines is 2. The zero-order valence-corrected chi connectivity index (χ0v) is 9.03. The van der Waals surface area contributed by atoms with Crippen LogP contribution in [0.1, 0.15) is 0 Å². The van der Waals surface area contributed by atoms with Gasteiger partial charge in [0.05, 0.1) is 12.7 Å². The van der Waals surface area contributed by atoms with Crippen LogP contribution in [-0.4, -0.2) is 41.4 Å². The molecule has 0 aliphatic carbocycles. The van der Waals surface area contributed by atoms with Gasteiger partial charge in [0.2, 0.25) is 5.95 Å². The van der Waals surface area contributed by atoms with Crippen molar-refractivity contribution in [1.82, 2.24) is 9.97 Å². The van der Waals surface area contributed by atoms with Crippen LogP contribution in [0.25, 0.3) is 0 Å². The summed E-state index contributed by atoms with van der Waals surface area (Å²) in [6.45, 7) is 0.557. The van der Waals surface area contributed by atoms with E-state index in [0.717, 1.165) is 0 Å². The molecule has 7 heteroatoms. The van der Waals surface area contributed by atoms with Crippen LogP contribution in [0.2, 0.25) is 5.15 Å². The molecule has 0 saturated carbocycles. The fourth-order valence-corrected chi connectivity index (χ4v) is 1.19. The van der Waals surface area contributed by atoms with Crippen molar-refractivity contribution in [3.05, 3.63) is 11.2 Å². The van der Waals surface area contributed by atoms with Crippen molar-refractivity contribution >= 4 is 23.4 Å². The summed E-state index contributed by atoms with van der Waals surface area (Å²) in [6, 6.07) is 1.53. The predicted octanol–water partition coefficient (Wildman–Crippen LogP) is 0.131. The summed E-state index contributed by atoms with van der Waals surface area (Å²) in [5.41, 5.74) is 5.39. The molecule has 15 heavy (non-hydrogen) atoms. The van der Waals surface area contributed by atoms with Crippen molar-refractivity contribution in [2.45, 2.75) is 6.10 Å². The summed E-state index contributed by atoms with van der Waals surface area (Å²) >= 11 is 5.67. The van der Waals surface area contributed by atoms with Gasteiger partial charge in [-0.25, -0.2) is 4.98 Å². The Morgan fingerprint density at radius 2 is 2.40 bits per heavy atom. The van der Waals surface area contributed by atoms with Gasteiger partial charge in [0.1, 0.15) is 11.0 Å². The van der Waals surface area contributed by atoms with E-state index in [1.165, 1.54) is 13.2 Å². The van der Waals surface area contributed by atoms with Crippen molar-refractivity contribution in [1.29, 1.82) is 0 Å². The molecule has 1 atom stereocenters. The van der Waals surface area contributed by atoms with E-state index in [2.05, 4.69) is 15.3 Å². The van der Waals surface area contributed by atoms with E-state index in [1.807, 2.05) is 0 Å². The predicted molar refractivity (Wildman–Crippen MR) is 57.8 cm³/mol. The van der Waals surface area contributed by atoms with Crippen molar-refractivity contribution in [2.24, 2.45) is 0 Å². The first-order valence-corrected chi connectivity index (χ1v) is 4.70. The van der Waals surface area contributed by atoms with Crippen LogP contribution in [0.5, 0.6) is 0 Å². The van der Waals surface area contributed by atoms with Gasteiger partial charge in [-0.2, -0.15) is 4.98 Å². The van der Waals surface area contributed by atoms with Crippen molar-refractivity contribution < 1.29 is 9.84 Å². The molecule has 6 nitrogen and oxygen atoms in total. The molecule has 0 saturated heterocycles. The summed E-state index contributed by atoms with van der Waals surface area (Å²) in [6.07, 6.45) is -0.607. The second kappa shape index (κ2) is 5.69. The lowest BCUT2D eigenvalue weighted by Crippen LogP contribution is -2.24. The molecular formula is C8H13ClN4O2. The van der Waals surface area contributed by atoms with Crippen LogP contribution in [-0.2, 0) is 4.74 Å². The number of methoxy groups -OCH3 is 1. The number of nitrogens with two attached hydrogens (primary N) is 1. The molecule has 0 amide bonds. The van der Waals surface area contributed by atoms with Crippen LogP contribution in [0, 0.1) is 0 Å². The molecule has 1 aromatic heterocycles. The average Bonchev–Trinajstić information content (AvgIpc) is 2.14. The Bertz CT molecular complexity index is 303. The summed E-state index contributed by atoms with van der Waals surface area (Å²) in [7, 11) is 1.52. The van der Waals surface area contributed by atoms with Crippen LogP contribution >= 0.6 is 11.6 Å². The zero-order chi connectivity index (χ0) is 11.3. The molecule has 1 unspecified atom stereocenters. The molecule has 0 aliphatic rings. The molecule has 4 N–H and O–H groups in total. The van der Waals surface area contributed by atoms with E-state index in [1.54, 1.807) is 0 Å². The lowest BCUT2D eigenvalue weighted by Gasteiger charge is -2.11. The molecule has 0 aliphatic heterocycles. The third-order valence-corrected chi connectivity index (χ3v) is 1.78. The molecule has 0 aromatic carbocycles. The fraction of sp³-hybridized carbons (Fsp3) is 0.500. The Hall–Kier alpha value is -1.11. The Kier molecular flexibility index (Phi) is 4.54. The number of nitrogens with zero attached hydrogens (tertiary/aromatic N) is 2. The van der Waals surface area contributed by atoms with E-state index in [-0.39, 0.29) is 17.7 Å². The molecule has 1 aromatic rings. The molecule has 0 bridgehead atoms. The highest BCUT2D eigenvalue weighted by atomic mass is 35.5. The standard InChI is InChI=1S/C8H13ClN4O2/c1-15-4-5(14)3-11-7-2-6(9)12-8(10)13-7/h2,5,14H,3-4H2,1H3,(H3,10,11,12,13). The van der Waals surface area contributed by atoms with Crippen LogP contribution in [0.4, 0.5) is 11.8 Å². The Morgan fingerprint density at radius 1 is 1.67 bits per heavy atom.